The molecule has 4 heteroatoms. The van der Waals surface area contributed by atoms with Crippen LogP contribution in [0.15, 0.2) is 109 Å². The highest BCUT2D eigenvalue weighted by Gasteiger charge is 2.34. The van der Waals surface area contributed by atoms with Crippen LogP contribution in [0.1, 0.15) is 6.92 Å². The van der Waals surface area contributed by atoms with Crippen molar-refractivity contribution >= 4 is 23.4 Å². The highest BCUT2D eigenvalue weighted by atomic mass is 31.2. The van der Waals surface area contributed by atoms with Crippen LogP contribution in [0.5, 0.6) is 0 Å². The van der Waals surface area contributed by atoms with E-state index in [0.717, 1.165) is 27.4 Å². The first-order valence-electron chi connectivity index (χ1n) is 9.91. The highest BCUT2D eigenvalue weighted by molar-refractivity contribution is 7.79. The van der Waals surface area contributed by atoms with Crippen molar-refractivity contribution in [1.82, 2.24) is 0 Å². The molecule has 4 aromatic rings. The fourth-order valence-electron chi connectivity index (χ4n) is 3.70. The summed E-state index contributed by atoms with van der Waals surface area (Å²) in [7, 11) is -2.97. The molecule has 0 aromatic heterocycles. The highest BCUT2D eigenvalue weighted by Crippen LogP contribution is 2.49. The van der Waals surface area contributed by atoms with Gasteiger partial charge in [-0.05, 0) is 30.7 Å². The van der Waals surface area contributed by atoms with Crippen molar-refractivity contribution in [1.29, 1.82) is 0 Å². The van der Waals surface area contributed by atoms with Gasteiger partial charge in [-0.15, -0.1) is 0 Å². The molecule has 0 saturated carbocycles. The Morgan fingerprint density at radius 3 is 1.77 bits per heavy atom. The van der Waals surface area contributed by atoms with E-state index >= 15 is 0 Å². The van der Waals surface area contributed by atoms with Crippen molar-refractivity contribution in [2.45, 2.75) is 12.7 Å². The Morgan fingerprint density at radius 2 is 1.20 bits per heavy atom. The number of para-hydroxylation sites is 1. The fraction of sp³-hybridized carbons (Fsp3) is 0.0769. The summed E-state index contributed by atoms with van der Waals surface area (Å²) in [6.45, 7) is 1.96. The van der Waals surface area contributed by atoms with E-state index in [2.05, 4.69) is 5.32 Å². The second kappa shape index (κ2) is 8.69. The molecule has 4 rings (SSSR count). The average molecular weight is 415 g/mol. The van der Waals surface area contributed by atoms with Crippen LogP contribution in [0.2, 0.25) is 0 Å². The molecule has 0 aliphatic carbocycles. The fourth-order valence-corrected chi connectivity index (χ4v) is 6.44. The molecule has 1 atom stereocenters. The van der Waals surface area contributed by atoms with E-state index in [1.165, 1.54) is 12.1 Å². The summed E-state index contributed by atoms with van der Waals surface area (Å²) in [5, 5.41) is 5.13. The minimum absolute atomic E-state index is 0.268. The van der Waals surface area contributed by atoms with E-state index in [0.29, 0.717) is 0 Å². The van der Waals surface area contributed by atoms with Crippen LogP contribution in [-0.2, 0) is 4.57 Å². The zero-order valence-corrected chi connectivity index (χ0v) is 17.6. The third-order valence-corrected chi connectivity index (χ3v) is 8.62. The lowest BCUT2D eigenvalue weighted by Crippen LogP contribution is -2.29. The van der Waals surface area contributed by atoms with Gasteiger partial charge in [-0.2, -0.15) is 0 Å². The Balaban J connectivity index is 1.76. The summed E-state index contributed by atoms with van der Waals surface area (Å²) >= 11 is 0. The lowest BCUT2D eigenvalue weighted by molar-refractivity contribution is 0.582. The maximum absolute atomic E-state index is 14.5. The molecule has 0 aliphatic heterocycles. The quantitative estimate of drug-likeness (QED) is 0.376. The Kier molecular flexibility index (Phi) is 5.83. The van der Waals surface area contributed by atoms with Crippen molar-refractivity contribution in [2.75, 3.05) is 5.32 Å². The molecule has 0 saturated heterocycles. The Bertz CT molecular complexity index is 1120. The summed E-state index contributed by atoms with van der Waals surface area (Å²) in [5.41, 5.74) is 2.71. The van der Waals surface area contributed by atoms with E-state index in [1.807, 2.05) is 91.9 Å². The monoisotopic (exact) mass is 415 g/mol. The van der Waals surface area contributed by atoms with Crippen molar-refractivity contribution < 1.29 is 8.96 Å². The Morgan fingerprint density at radius 1 is 0.700 bits per heavy atom. The summed E-state index contributed by atoms with van der Waals surface area (Å²) in [6, 6.07) is 33.5. The zero-order chi connectivity index (χ0) is 21.0. The molecule has 1 unspecified atom stereocenters. The predicted molar refractivity (Wildman–Crippen MR) is 125 cm³/mol. The number of hydrogen-bond donors (Lipinski definition) is 1. The van der Waals surface area contributed by atoms with Crippen LogP contribution in [0, 0.1) is 5.82 Å². The van der Waals surface area contributed by atoms with Crippen molar-refractivity contribution in [2.24, 2.45) is 0 Å². The molecule has 0 spiro atoms. The molecule has 4 aromatic carbocycles. The first-order valence-corrected chi connectivity index (χ1v) is 11.7. The van der Waals surface area contributed by atoms with Crippen LogP contribution >= 0.6 is 7.14 Å². The van der Waals surface area contributed by atoms with Crippen LogP contribution in [-0.4, -0.2) is 5.78 Å². The summed E-state index contributed by atoms with van der Waals surface area (Å²) in [5.74, 6) is -0.612. The van der Waals surface area contributed by atoms with Gasteiger partial charge in [-0.1, -0.05) is 91.0 Å². The Labute approximate surface area is 176 Å². The molecular formula is C26H23FNOP. The molecule has 0 heterocycles. The number of hydrogen-bond acceptors (Lipinski definition) is 2. The molecule has 0 radical (unpaired) electrons. The van der Waals surface area contributed by atoms with Gasteiger partial charge in [0.2, 0.25) is 0 Å². The van der Waals surface area contributed by atoms with Gasteiger partial charge >= 0.3 is 0 Å². The molecule has 30 heavy (non-hydrogen) atoms. The lowest BCUT2D eigenvalue weighted by atomic mass is 10.0. The number of anilines is 1. The third kappa shape index (κ3) is 3.94. The normalized spacial score (nSPS) is 12.3. The number of benzene rings is 4. The van der Waals surface area contributed by atoms with Gasteiger partial charge in [0.25, 0.3) is 0 Å². The molecule has 0 amide bonds. The number of halogens is 1. The van der Waals surface area contributed by atoms with Gasteiger partial charge in [0.05, 0.1) is 5.78 Å². The SMILES string of the molecule is CC(Nc1ccccc1-c1ccc(F)cc1)P(=O)(c1ccccc1)c1ccccc1. The van der Waals surface area contributed by atoms with E-state index in [1.54, 1.807) is 12.1 Å². The van der Waals surface area contributed by atoms with Gasteiger partial charge in [-0.25, -0.2) is 4.39 Å². The molecule has 1 N–H and O–H groups in total. The average Bonchev–Trinajstić information content (AvgIpc) is 2.80. The summed E-state index contributed by atoms with van der Waals surface area (Å²) in [4.78, 5) is 0. The largest absolute Gasteiger partial charge is 0.375 e. The second-order valence-electron chi connectivity index (χ2n) is 7.20. The van der Waals surface area contributed by atoms with E-state index in [4.69, 9.17) is 0 Å². The molecule has 150 valence electrons. The van der Waals surface area contributed by atoms with Crippen LogP contribution < -0.4 is 15.9 Å². The van der Waals surface area contributed by atoms with Crippen molar-refractivity contribution in [3.05, 3.63) is 115 Å². The second-order valence-corrected chi connectivity index (χ2v) is 10.3. The van der Waals surface area contributed by atoms with Crippen LogP contribution in [0.4, 0.5) is 10.1 Å². The zero-order valence-electron chi connectivity index (χ0n) is 16.7. The van der Waals surface area contributed by atoms with Gasteiger partial charge in [0.15, 0.2) is 7.14 Å². The van der Waals surface area contributed by atoms with Gasteiger partial charge in [0, 0.05) is 21.9 Å². The number of rotatable bonds is 6. The van der Waals surface area contributed by atoms with Crippen molar-refractivity contribution in [3.8, 4) is 11.1 Å². The predicted octanol–water partition coefficient (Wildman–Crippen LogP) is 6.26. The summed E-state index contributed by atoms with van der Waals surface area (Å²) in [6.07, 6.45) is 0. The van der Waals surface area contributed by atoms with Crippen LogP contribution in [0.3, 0.4) is 0 Å². The minimum Gasteiger partial charge on any atom is -0.375 e. The van der Waals surface area contributed by atoms with Gasteiger partial charge in [-0.3, -0.25) is 0 Å². The third-order valence-electron chi connectivity index (χ3n) is 5.27. The topological polar surface area (TPSA) is 29.1 Å². The molecule has 0 fully saturated rings. The smallest absolute Gasteiger partial charge is 0.163 e. The first-order chi connectivity index (χ1) is 14.6. The molecular weight excluding hydrogens is 392 g/mol. The molecule has 0 bridgehead atoms. The minimum atomic E-state index is -2.97. The number of nitrogens with one attached hydrogen (secondary N) is 1. The lowest BCUT2D eigenvalue weighted by Gasteiger charge is -2.28. The van der Waals surface area contributed by atoms with Crippen molar-refractivity contribution in [3.63, 3.8) is 0 Å². The molecule has 0 aliphatic rings. The first kappa shape index (κ1) is 20.1. The van der Waals surface area contributed by atoms with E-state index in [-0.39, 0.29) is 11.6 Å². The molecule has 2 nitrogen and oxygen atoms in total. The van der Waals surface area contributed by atoms with Gasteiger partial charge in [0.1, 0.15) is 5.82 Å². The van der Waals surface area contributed by atoms with Crippen LogP contribution in [0.25, 0.3) is 11.1 Å². The maximum atomic E-state index is 14.5. The standard InChI is InChI=1S/C26H23FNOP/c1-20(28-26-15-9-8-14-25(26)21-16-18-22(27)19-17-21)30(29,23-10-4-2-5-11-23)24-12-6-3-7-13-24/h2-20,28H,1H3. The van der Waals surface area contributed by atoms with E-state index < -0.39 is 7.14 Å². The maximum Gasteiger partial charge on any atom is 0.163 e. The Hall–Kier alpha value is -3.16. The van der Waals surface area contributed by atoms with Gasteiger partial charge < -0.3 is 9.88 Å². The van der Waals surface area contributed by atoms with E-state index in [9.17, 15) is 8.96 Å². The summed E-state index contributed by atoms with van der Waals surface area (Å²) < 4.78 is 27.9.